The van der Waals surface area contributed by atoms with Crippen LogP contribution in [0.25, 0.3) is 0 Å². The van der Waals surface area contributed by atoms with E-state index >= 15 is 0 Å². The molecule has 3 aliphatic rings. The molecule has 0 amide bonds. The predicted molar refractivity (Wildman–Crippen MR) is 62.7 cm³/mol. The molecular weight excluding hydrogens is 224 g/mol. The molecule has 0 aromatic rings. The summed E-state index contributed by atoms with van der Waals surface area (Å²) < 4.78 is 25.9. The number of nitrogens with zero attached hydrogens (tertiary/aromatic N) is 1. The lowest BCUT2D eigenvalue weighted by molar-refractivity contribution is 0.175. The van der Waals surface area contributed by atoms with Crippen molar-refractivity contribution in [3.63, 3.8) is 0 Å². The molecule has 1 aliphatic carbocycles. The largest absolute Gasteiger partial charge is 0.316 e. The van der Waals surface area contributed by atoms with Crippen molar-refractivity contribution in [1.29, 1.82) is 0 Å². The van der Waals surface area contributed by atoms with Gasteiger partial charge in [-0.1, -0.05) is 0 Å². The summed E-state index contributed by atoms with van der Waals surface area (Å²) in [6.45, 7) is 3.70. The Morgan fingerprint density at radius 2 is 1.81 bits per heavy atom. The highest BCUT2D eigenvalue weighted by Crippen LogP contribution is 2.40. The molecule has 16 heavy (non-hydrogen) atoms. The van der Waals surface area contributed by atoms with Gasteiger partial charge >= 0.3 is 0 Å². The number of hydrogen-bond donors (Lipinski definition) is 1. The first kappa shape index (κ1) is 11.0. The molecule has 0 unspecified atom stereocenters. The Labute approximate surface area is 97.4 Å². The maximum atomic E-state index is 12.1. The van der Waals surface area contributed by atoms with Crippen molar-refractivity contribution in [1.82, 2.24) is 9.62 Å². The van der Waals surface area contributed by atoms with Crippen LogP contribution in [0.3, 0.4) is 0 Å². The fourth-order valence-corrected chi connectivity index (χ4v) is 4.86. The zero-order valence-corrected chi connectivity index (χ0v) is 10.4. The number of rotatable bonds is 2. The van der Waals surface area contributed by atoms with E-state index in [0.717, 1.165) is 51.9 Å². The third kappa shape index (κ3) is 1.79. The van der Waals surface area contributed by atoms with E-state index in [1.807, 2.05) is 0 Å². The van der Waals surface area contributed by atoms with Crippen LogP contribution >= 0.6 is 0 Å². The summed E-state index contributed by atoms with van der Waals surface area (Å²) in [6.07, 6.45) is 5.08. The second-order valence-electron chi connectivity index (χ2n) is 5.57. The molecule has 2 saturated heterocycles. The summed E-state index contributed by atoms with van der Waals surface area (Å²) in [6, 6.07) is 0. The van der Waals surface area contributed by atoms with Crippen LogP contribution in [0.15, 0.2) is 0 Å². The molecule has 0 bridgehead atoms. The third-order valence-electron chi connectivity index (χ3n) is 4.42. The quantitative estimate of drug-likeness (QED) is 0.772. The Balaban J connectivity index is 1.66. The molecule has 4 nitrogen and oxygen atoms in total. The van der Waals surface area contributed by atoms with Gasteiger partial charge < -0.3 is 5.32 Å². The zero-order valence-electron chi connectivity index (χ0n) is 9.61. The molecule has 5 heteroatoms. The lowest BCUT2D eigenvalue weighted by Crippen LogP contribution is -2.45. The summed E-state index contributed by atoms with van der Waals surface area (Å²) >= 11 is 0. The van der Waals surface area contributed by atoms with Gasteiger partial charge in [-0.15, -0.1) is 0 Å². The molecule has 3 fully saturated rings. The van der Waals surface area contributed by atoms with Crippen LogP contribution in [0.4, 0.5) is 0 Å². The van der Waals surface area contributed by atoms with E-state index in [2.05, 4.69) is 5.32 Å². The maximum absolute atomic E-state index is 12.1. The van der Waals surface area contributed by atoms with Crippen molar-refractivity contribution in [3.05, 3.63) is 0 Å². The Bertz CT molecular complexity index is 359. The summed E-state index contributed by atoms with van der Waals surface area (Å²) in [5.41, 5.74) is 0.412. The molecule has 2 aliphatic heterocycles. The minimum absolute atomic E-state index is 0.0387. The molecular formula is C11H20N2O2S. The molecule has 0 radical (unpaired) electrons. The summed E-state index contributed by atoms with van der Waals surface area (Å²) in [4.78, 5) is 0. The van der Waals surface area contributed by atoms with E-state index in [0.29, 0.717) is 5.41 Å². The minimum atomic E-state index is -2.92. The van der Waals surface area contributed by atoms with E-state index in [4.69, 9.17) is 0 Å². The second-order valence-corrected chi connectivity index (χ2v) is 7.78. The molecule has 2 heterocycles. The molecule has 0 aromatic heterocycles. The number of piperidine rings is 1. The monoisotopic (exact) mass is 244 g/mol. The van der Waals surface area contributed by atoms with Gasteiger partial charge in [0, 0.05) is 19.6 Å². The van der Waals surface area contributed by atoms with Crippen LogP contribution in [-0.4, -0.2) is 44.2 Å². The number of nitrogens with one attached hydrogen (secondary N) is 1. The van der Waals surface area contributed by atoms with Crippen molar-refractivity contribution < 1.29 is 8.42 Å². The molecule has 0 aromatic carbocycles. The van der Waals surface area contributed by atoms with Gasteiger partial charge in [-0.25, -0.2) is 12.7 Å². The average Bonchev–Trinajstić information content (AvgIpc) is 3.04. The molecule has 1 spiro atoms. The highest BCUT2D eigenvalue weighted by Gasteiger charge is 2.44. The third-order valence-corrected chi connectivity index (χ3v) is 6.82. The van der Waals surface area contributed by atoms with Gasteiger partial charge in [-0.3, -0.25) is 0 Å². The van der Waals surface area contributed by atoms with Crippen LogP contribution in [0.1, 0.15) is 32.1 Å². The maximum Gasteiger partial charge on any atom is 0.216 e. The smallest absolute Gasteiger partial charge is 0.216 e. The first-order valence-electron chi connectivity index (χ1n) is 6.32. The Hall–Kier alpha value is -0.130. The molecule has 92 valence electrons. The van der Waals surface area contributed by atoms with Gasteiger partial charge in [0.05, 0.1) is 5.25 Å². The molecule has 1 N–H and O–H groups in total. The van der Waals surface area contributed by atoms with Crippen molar-refractivity contribution in [2.75, 3.05) is 26.2 Å². The zero-order chi connectivity index (χ0) is 11.2. The summed E-state index contributed by atoms with van der Waals surface area (Å²) in [7, 11) is -2.92. The van der Waals surface area contributed by atoms with Gasteiger partial charge in [0.2, 0.25) is 10.0 Å². The highest BCUT2D eigenvalue weighted by atomic mass is 32.2. The number of hydrogen-bond acceptors (Lipinski definition) is 3. The Kier molecular flexibility index (Phi) is 2.53. The van der Waals surface area contributed by atoms with E-state index in [1.54, 1.807) is 4.31 Å². The first-order valence-corrected chi connectivity index (χ1v) is 7.83. The standard InChI is InChI=1S/C11H20N2O2S/c14-16(15,10-1-2-10)13-7-4-11(5-8-13)3-6-12-9-11/h10,12H,1-9H2. The van der Waals surface area contributed by atoms with Gasteiger partial charge in [0.25, 0.3) is 0 Å². The van der Waals surface area contributed by atoms with Crippen LogP contribution in [0.5, 0.6) is 0 Å². The Morgan fingerprint density at radius 3 is 2.31 bits per heavy atom. The summed E-state index contributed by atoms with van der Waals surface area (Å²) in [5.74, 6) is 0. The topological polar surface area (TPSA) is 49.4 Å². The van der Waals surface area contributed by atoms with Crippen molar-refractivity contribution in [2.45, 2.75) is 37.4 Å². The number of sulfonamides is 1. The van der Waals surface area contributed by atoms with E-state index < -0.39 is 10.0 Å². The van der Waals surface area contributed by atoms with Crippen molar-refractivity contribution >= 4 is 10.0 Å². The van der Waals surface area contributed by atoms with Crippen LogP contribution in [0.2, 0.25) is 0 Å². The Morgan fingerprint density at radius 1 is 1.12 bits per heavy atom. The summed E-state index contributed by atoms with van der Waals surface area (Å²) in [5, 5.41) is 3.36. The second kappa shape index (κ2) is 3.68. The molecule has 1 saturated carbocycles. The van der Waals surface area contributed by atoms with E-state index in [9.17, 15) is 8.42 Å². The van der Waals surface area contributed by atoms with Gasteiger partial charge in [0.15, 0.2) is 0 Å². The lowest BCUT2D eigenvalue weighted by atomic mass is 9.78. The van der Waals surface area contributed by atoms with Crippen LogP contribution in [0, 0.1) is 5.41 Å². The van der Waals surface area contributed by atoms with E-state index in [1.165, 1.54) is 6.42 Å². The van der Waals surface area contributed by atoms with Crippen molar-refractivity contribution in [3.8, 4) is 0 Å². The van der Waals surface area contributed by atoms with Gasteiger partial charge in [0.1, 0.15) is 0 Å². The SMILES string of the molecule is O=S(=O)(C1CC1)N1CCC2(CCNC2)CC1. The fraction of sp³-hybridized carbons (Fsp3) is 1.00. The average molecular weight is 244 g/mol. The molecule has 3 rings (SSSR count). The normalized spacial score (nSPS) is 31.0. The van der Waals surface area contributed by atoms with Gasteiger partial charge in [-0.05, 0) is 44.1 Å². The molecule has 0 atom stereocenters. The minimum Gasteiger partial charge on any atom is -0.316 e. The predicted octanol–water partition coefficient (Wildman–Crippen LogP) is 0.554. The van der Waals surface area contributed by atoms with Crippen LogP contribution < -0.4 is 5.32 Å². The van der Waals surface area contributed by atoms with Crippen molar-refractivity contribution in [2.24, 2.45) is 5.41 Å². The van der Waals surface area contributed by atoms with Gasteiger partial charge in [-0.2, -0.15) is 0 Å². The van der Waals surface area contributed by atoms with E-state index in [-0.39, 0.29) is 5.25 Å². The van der Waals surface area contributed by atoms with Crippen LogP contribution in [-0.2, 0) is 10.0 Å². The lowest BCUT2D eigenvalue weighted by Gasteiger charge is -2.38. The highest BCUT2D eigenvalue weighted by molar-refractivity contribution is 7.90. The fourth-order valence-electron chi connectivity index (χ4n) is 3.01. The first-order chi connectivity index (χ1) is 7.62.